The van der Waals surface area contributed by atoms with Gasteiger partial charge in [0, 0.05) is 0 Å². The van der Waals surface area contributed by atoms with Crippen LogP contribution in [0, 0.1) is 11.3 Å². The predicted octanol–water partition coefficient (Wildman–Crippen LogP) is -0.146. The van der Waals surface area contributed by atoms with E-state index in [2.05, 4.69) is 4.72 Å². The Kier molecular flexibility index (Phi) is 5.62. The van der Waals surface area contributed by atoms with Crippen LogP contribution < -0.4 is 4.72 Å². The summed E-state index contributed by atoms with van der Waals surface area (Å²) in [6, 6.07) is 1.69. The van der Waals surface area contributed by atoms with Gasteiger partial charge in [-0.3, -0.25) is 0 Å². The second-order valence-electron chi connectivity index (χ2n) is 2.72. The lowest BCUT2D eigenvalue weighted by Gasteiger charge is -2.07. The van der Waals surface area contributed by atoms with Gasteiger partial charge in [-0.25, -0.2) is 13.1 Å². The zero-order valence-corrected chi connectivity index (χ0v) is 8.60. The Morgan fingerprint density at radius 2 is 2.15 bits per heavy atom. The molecule has 0 atom stereocenters. The minimum absolute atomic E-state index is 0.0196. The van der Waals surface area contributed by atoms with Crippen LogP contribution in [0.5, 0.6) is 0 Å². The molecule has 0 fully saturated rings. The monoisotopic (exact) mass is 206 g/mol. The van der Waals surface area contributed by atoms with Gasteiger partial charge in [0.25, 0.3) is 0 Å². The number of ether oxygens (including phenoxy) is 1. The molecule has 0 aromatic carbocycles. The molecule has 0 rings (SSSR count). The van der Waals surface area contributed by atoms with Crippen LogP contribution in [0.4, 0.5) is 0 Å². The Hall–Kier alpha value is -0.640. The van der Waals surface area contributed by atoms with Crippen LogP contribution in [0.2, 0.25) is 0 Å². The zero-order chi connectivity index (χ0) is 10.3. The summed E-state index contributed by atoms with van der Waals surface area (Å²) >= 11 is 0. The van der Waals surface area contributed by atoms with Gasteiger partial charge in [-0.15, -0.1) is 0 Å². The van der Waals surface area contributed by atoms with Crippen LogP contribution in [0.3, 0.4) is 0 Å². The lowest BCUT2D eigenvalue weighted by atomic mass is 10.5. The Morgan fingerprint density at radius 3 is 2.62 bits per heavy atom. The van der Waals surface area contributed by atoms with Crippen LogP contribution in [0.15, 0.2) is 0 Å². The maximum Gasteiger partial charge on any atom is 0.214 e. The topological polar surface area (TPSA) is 79.2 Å². The van der Waals surface area contributed by atoms with Crippen molar-refractivity contribution in [3.63, 3.8) is 0 Å². The van der Waals surface area contributed by atoms with Crippen molar-refractivity contribution in [2.45, 2.75) is 20.0 Å². The van der Waals surface area contributed by atoms with Gasteiger partial charge in [0.15, 0.2) is 0 Å². The molecular weight excluding hydrogens is 192 g/mol. The van der Waals surface area contributed by atoms with Crippen LogP contribution in [-0.4, -0.2) is 33.4 Å². The third kappa shape index (κ3) is 7.71. The molecule has 76 valence electrons. The first-order chi connectivity index (χ1) is 5.98. The molecule has 1 N–H and O–H groups in total. The number of nitriles is 1. The number of nitrogens with zero attached hydrogens (tertiary/aromatic N) is 1. The number of rotatable bonds is 6. The average Bonchev–Trinajstić information content (AvgIpc) is 2.00. The smallest absolute Gasteiger partial charge is 0.214 e. The fourth-order valence-electron chi connectivity index (χ4n) is 0.608. The number of nitrogens with one attached hydrogen (secondary N) is 1. The maximum absolute atomic E-state index is 11.0. The lowest BCUT2D eigenvalue weighted by molar-refractivity contribution is 0.0911. The highest BCUT2D eigenvalue weighted by atomic mass is 32.2. The van der Waals surface area contributed by atoms with E-state index in [9.17, 15) is 8.42 Å². The summed E-state index contributed by atoms with van der Waals surface area (Å²) in [4.78, 5) is 0. The first-order valence-corrected chi connectivity index (χ1v) is 5.59. The predicted molar refractivity (Wildman–Crippen MR) is 48.5 cm³/mol. The molecule has 0 bridgehead atoms. The van der Waals surface area contributed by atoms with Gasteiger partial charge in [0.05, 0.1) is 31.1 Å². The van der Waals surface area contributed by atoms with Gasteiger partial charge in [0.2, 0.25) is 10.0 Å². The molecule has 0 saturated heterocycles. The number of hydrogen-bond acceptors (Lipinski definition) is 4. The largest absolute Gasteiger partial charge is 0.378 e. The van der Waals surface area contributed by atoms with Gasteiger partial charge in [0.1, 0.15) is 0 Å². The van der Waals surface area contributed by atoms with Gasteiger partial charge in [-0.2, -0.15) is 5.26 Å². The second kappa shape index (κ2) is 5.91. The molecule has 0 heterocycles. The summed E-state index contributed by atoms with van der Waals surface area (Å²) in [5, 5.41) is 8.14. The van der Waals surface area contributed by atoms with Gasteiger partial charge < -0.3 is 4.74 Å². The quantitative estimate of drug-likeness (QED) is 0.613. The standard InChI is InChI=1S/C7H14N2O3S/c1-7(2)12-5-6-13(10,11)9-4-3-8/h7,9H,4-6H2,1-2H3. The summed E-state index contributed by atoms with van der Waals surface area (Å²) in [6.45, 7) is 3.62. The van der Waals surface area contributed by atoms with Crippen molar-refractivity contribution < 1.29 is 13.2 Å². The van der Waals surface area contributed by atoms with Crippen molar-refractivity contribution in [2.75, 3.05) is 18.9 Å². The Bertz CT molecular complexity index is 266. The summed E-state index contributed by atoms with van der Waals surface area (Å²) < 4.78 is 29.2. The van der Waals surface area contributed by atoms with Crippen LogP contribution in [0.1, 0.15) is 13.8 Å². The molecule has 5 nitrogen and oxygen atoms in total. The lowest BCUT2D eigenvalue weighted by Crippen LogP contribution is -2.29. The van der Waals surface area contributed by atoms with Gasteiger partial charge in [-0.05, 0) is 13.8 Å². The molecule has 6 heteroatoms. The van der Waals surface area contributed by atoms with Crippen LogP contribution in [0.25, 0.3) is 0 Å². The highest BCUT2D eigenvalue weighted by Gasteiger charge is 2.08. The molecule has 0 aliphatic rings. The molecule has 0 aromatic rings. The average molecular weight is 206 g/mol. The normalized spacial score (nSPS) is 11.5. The van der Waals surface area contributed by atoms with Crippen molar-refractivity contribution in [1.82, 2.24) is 4.72 Å². The van der Waals surface area contributed by atoms with E-state index in [4.69, 9.17) is 10.00 Å². The number of sulfonamides is 1. The van der Waals surface area contributed by atoms with Gasteiger partial charge in [-0.1, -0.05) is 0 Å². The van der Waals surface area contributed by atoms with Gasteiger partial charge >= 0.3 is 0 Å². The summed E-state index contributed by atoms with van der Waals surface area (Å²) in [5.74, 6) is -0.104. The molecule has 0 aliphatic heterocycles. The minimum Gasteiger partial charge on any atom is -0.378 e. The van der Waals surface area contributed by atoms with E-state index in [1.165, 1.54) is 0 Å². The van der Waals surface area contributed by atoms with E-state index in [-0.39, 0.29) is 25.0 Å². The first kappa shape index (κ1) is 12.4. The summed E-state index contributed by atoms with van der Waals surface area (Å²) in [6.07, 6.45) is 0.0196. The van der Waals surface area contributed by atoms with E-state index in [0.29, 0.717) is 0 Å². The molecule has 0 amide bonds. The number of hydrogen-bond donors (Lipinski definition) is 1. The van der Waals surface area contributed by atoms with Crippen LogP contribution >= 0.6 is 0 Å². The third-order valence-corrected chi connectivity index (χ3v) is 2.46. The van der Waals surface area contributed by atoms with Crippen molar-refractivity contribution in [3.8, 4) is 6.07 Å². The molecule has 0 spiro atoms. The second-order valence-corrected chi connectivity index (χ2v) is 4.64. The maximum atomic E-state index is 11.0. The van der Waals surface area contributed by atoms with Crippen LogP contribution in [-0.2, 0) is 14.8 Å². The molecule has 0 unspecified atom stereocenters. The summed E-state index contributed by atoms with van der Waals surface area (Å²) in [5.41, 5.74) is 0. The molecule has 0 aromatic heterocycles. The van der Waals surface area contributed by atoms with E-state index >= 15 is 0 Å². The Labute approximate surface area is 78.7 Å². The van der Waals surface area contributed by atoms with E-state index in [1.807, 2.05) is 13.8 Å². The Morgan fingerprint density at radius 1 is 1.54 bits per heavy atom. The van der Waals surface area contributed by atoms with Crippen molar-refractivity contribution in [2.24, 2.45) is 0 Å². The fraction of sp³-hybridized carbons (Fsp3) is 0.857. The minimum atomic E-state index is -3.34. The fourth-order valence-corrected chi connectivity index (χ4v) is 1.35. The van der Waals surface area contributed by atoms with E-state index in [1.54, 1.807) is 6.07 Å². The van der Waals surface area contributed by atoms with E-state index < -0.39 is 10.0 Å². The zero-order valence-electron chi connectivity index (χ0n) is 7.78. The highest BCUT2D eigenvalue weighted by Crippen LogP contribution is 1.90. The van der Waals surface area contributed by atoms with Crippen molar-refractivity contribution in [1.29, 1.82) is 5.26 Å². The first-order valence-electron chi connectivity index (χ1n) is 3.94. The third-order valence-electron chi connectivity index (χ3n) is 1.17. The molecule has 0 aliphatic carbocycles. The highest BCUT2D eigenvalue weighted by molar-refractivity contribution is 7.89. The Balaban J connectivity index is 3.72. The molecule has 0 saturated carbocycles. The molecule has 13 heavy (non-hydrogen) atoms. The van der Waals surface area contributed by atoms with Crippen molar-refractivity contribution in [3.05, 3.63) is 0 Å². The van der Waals surface area contributed by atoms with E-state index in [0.717, 1.165) is 0 Å². The SMILES string of the molecule is CC(C)OCCS(=O)(=O)NCC#N. The van der Waals surface area contributed by atoms with Crippen molar-refractivity contribution >= 4 is 10.0 Å². The molecular formula is C7H14N2O3S. The molecule has 0 radical (unpaired) electrons. The summed E-state index contributed by atoms with van der Waals surface area (Å²) in [7, 11) is -3.34.